The highest BCUT2D eigenvalue weighted by molar-refractivity contribution is 6.04. The van der Waals surface area contributed by atoms with Crippen molar-refractivity contribution in [2.45, 2.75) is 25.3 Å². The highest BCUT2D eigenvalue weighted by Crippen LogP contribution is 2.29. The number of amides is 7. The second kappa shape index (κ2) is 21.9. The summed E-state index contributed by atoms with van der Waals surface area (Å²) in [6.45, 7) is 1.15. The van der Waals surface area contributed by atoms with E-state index in [9.17, 15) is 33.6 Å². The van der Waals surface area contributed by atoms with E-state index < -0.39 is 41.4 Å². The molecule has 0 bridgehead atoms. The molecule has 0 aliphatic heterocycles. The minimum absolute atomic E-state index is 0.00868. The average molecular weight is 963 g/mol. The molecule has 6 aromatic rings. The van der Waals surface area contributed by atoms with Crippen molar-refractivity contribution in [3.8, 4) is 5.75 Å². The normalized spacial score (nSPS) is 14.0. The van der Waals surface area contributed by atoms with Gasteiger partial charge in [-0.3, -0.25) is 33.6 Å². The summed E-state index contributed by atoms with van der Waals surface area (Å²) in [5.74, 6) is -2.18. The number of hydrogen-bond acceptors (Lipinski definition) is 13. The van der Waals surface area contributed by atoms with Gasteiger partial charge < -0.3 is 75.3 Å². The molecule has 1 saturated carbocycles. The molecule has 0 unspecified atom stereocenters. The van der Waals surface area contributed by atoms with Gasteiger partial charge in [-0.2, -0.15) is 0 Å². The zero-order valence-corrected chi connectivity index (χ0v) is 39.1. The molecule has 1 fully saturated rings. The molecule has 25 heteroatoms. The number of imidazole rings is 3. The number of rotatable bonds is 21. The SMILES string of the molecule is Cn1cc(NC(=O)c2nccn2C)cc1C(=O)NCCC(=O)Nc1cn(C)c(C(=O)Nc2cc(C(=O)NC3CC(C(=O)Nc4cn(C)c(C(=O)NCCOCCOc5ccc(N)cc5)n4)C3)n(C)c2)n1. The zero-order valence-electron chi connectivity index (χ0n) is 39.1. The van der Waals surface area contributed by atoms with Crippen LogP contribution >= 0.6 is 0 Å². The van der Waals surface area contributed by atoms with E-state index in [1.54, 1.807) is 98.0 Å². The first-order valence-electron chi connectivity index (χ1n) is 22.0. The Morgan fingerprint density at radius 1 is 0.629 bits per heavy atom. The van der Waals surface area contributed by atoms with Crippen molar-refractivity contribution in [2.24, 2.45) is 41.2 Å². The third-order valence-electron chi connectivity index (χ3n) is 11.1. The monoisotopic (exact) mass is 962 g/mol. The Labute approximate surface area is 400 Å². The number of nitrogen functional groups attached to an aromatic ring is 1. The van der Waals surface area contributed by atoms with Gasteiger partial charge in [0.15, 0.2) is 17.5 Å². The van der Waals surface area contributed by atoms with Crippen LogP contribution in [0.15, 0.2) is 73.6 Å². The number of nitrogens with two attached hydrogens (primary N) is 1. The predicted molar refractivity (Wildman–Crippen MR) is 254 cm³/mol. The van der Waals surface area contributed by atoms with E-state index in [1.165, 1.54) is 33.7 Å². The molecule has 25 nitrogen and oxygen atoms in total. The first-order chi connectivity index (χ1) is 33.5. The largest absolute Gasteiger partial charge is 0.491 e. The number of carbonyl (C=O) groups is 7. The summed E-state index contributed by atoms with van der Waals surface area (Å²) in [5.41, 5.74) is 7.55. The highest BCUT2D eigenvalue weighted by atomic mass is 16.5. The third-order valence-corrected chi connectivity index (χ3v) is 11.1. The van der Waals surface area contributed by atoms with E-state index in [4.69, 9.17) is 15.2 Å². The number of aromatic nitrogens is 8. The Bertz CT molecular complexity index is 2900. The van der Waals surface area contributed by atoms with Crippen LogP contribution in [0.4, 0.5) is 28.7 Å². The predicted octanol–water partition coefficient (Wildman–Crippen LogP) is 1.38. The van der Waals surface area contributed by atoms with Gasteiger partial charge in [0, 0.05) is 110 Å². The van der Waals surface area contributed by atoms with Gasteiger partial charge in [-0.25, -0.2) is 15.0 Å². The fourth-order valence-corrected chi connectivity index (χ4v) is 7.37. The summed E-state index contributed by atoms with van der Waals surface area (Å²) in [6, 6.07) is 9.76. The maximum atomic E-state index is 13.2. The smallest absolute Gasteiger partial charge is 0.291 e. The average Bonchev–Trinajstić information content (AvgIpc) is 4.14. The molecule has 1 aliphatic rings. The summed E-state index contributed by atoms with van der Waals surface area (Å²) >= 11 is 0. The molecule has 70 heavy (non-hydrogen) atoms. The minimum Gasteiger partial charge on any atom is -0.491 e. The van der Waals surface area contributed by atoms with E-state index >= 15 is 0 Å². The van der Waals surface area contributed by atoms with Crippen LogP contribution in [-0.4, -0.2) is 118 Å². The van der Waals surface area contributed by atoms with E-state index in [1.807, 2.05) is 0 Å². The Hall–Kier alpha value is -8.74. The van der Waals surface area contributed by atoms with Crippen LogP contribution in [0.5, 0.6) is 5.75 Å². The van der Waals surface area contributed by atoms with Gasteiger partial charge in [-0.1, -0.05) is 0 Å². The quantitative estimate of drug-likeness (QED) is 0.0374. The topological polar surface area (TPSA) is 311 Å². The number of benzene rings is 1. The van der Waals surface area contributed by atoms with Crippen molar-refractivity contribution < 1.29 is 43.0 Å². The van der Waals surface area contributed by atoms with Crippen LogP contribution in [0, 0.1) is 5.92 Å². The number of nitrogens with zero attached hydrogens (tertiary/aromatic N) is 8. The van der Waals surface area contributed by atoms with Crippen molar-refractivity contribution in [2.75, 3.05) is 59.9 Å². The van der Waals surface area contributed by atoms with E-state index in [0.717, 1.165) is 0 Å². The van der Waals surface area contributed by atoms with Gasteiger partial charge in [0.1, 0.15) is 23.7 Å². The molecule has 368 valence electrons. The molecule has 0 radical (unpaired) electrons. The summed E-state index contributed by atoms with van der Waals surface area (Å²) in [7, 11) is 8.21. The first-order valence-corrected chi connectivity index (χ1v) is 22.0. The first kappa shape index (κ1) is 49.2. The molecule has 0 atom stereocenters. The lowest BCUT2D eigenvalue weighted by Crippen LogP contribution is -2.48. The van der Waals surface area contributed by atoms with Gasteiger partial charge in [-0.15, -0.1) is 0 Å². The van der Waals surface area contributed by atoms with Crippen LogP contribution in [0.1, 0.15) is 72.1 Å². The number of ether oxygens (including phenoxy) is 2. The lowest BCUT2D eigenvalue weighted by Gasteiger charge is -2.34. The zero-order chi connectivity index (χ0) is 50.1. The van der Waals surface area contributed by atoms with Crippen molar-refractivity contribution in [3.63, 3.8) is 0 Å². The molecule has 7 rings (SSSR count). The van der Waals surface area contributed by atoms with Gasteiger partial charge in [0.2, 0.25) is 23.5 Å². The van der Waals surface area contributed by atoms with Crippen molar-refractivity contribution in [3.05, 3.63) is 102 Å². The van der Waals surface area contributed by atoms with Crippen LogP contribution < -0.4 is 47.7 Å². The van der Waals surface area contributed by atoms with Gasteiger partial charge >= 0.3 is 0 Å². The lowest BCUT2D eigenvalue weighted by molar-refractivity contribution is -0.123. The Balaban J connectivity index is 0.790. The molecule has 0 spiro atoms. The summed E-state index contributed by atoms with van der Waals surface area (Å²) in [5, 5.41) is 19.1. The molecule has 5 aromatic heterocycles. The number of anilines is 5. The van der Waals surface area contributed by atoms with Crippen LogP contribution in [0.2, 0.25) is 0 Å². The summed E-state index contributed by atoms with van der Waals surface area (Å²) < 4.78 is 18.7. The maximum absolute atomic E-state index is 13.2. The van der Waals surface area contributed by atoms with Crippen molar-refractivity contribution >= 4 is 70.0 Å². The summed E-state index contributed by atoms with van der Waals surface area (Å²) in [6.07, 6.45) is 9.95. The Kier molecular flexibility index (Phi) is 15.4. The Morgan fingerprint density at radius 2 is 1.21 bits per heavy atom. The standard InChI is InChI=1S/C45H54N16O9/c1-57-14-12-47-37(57)44(67)51-29-20-32(58(2)22-29)41(64)48-11-10-36(62)53-34-24-61(5)39(54-34)45(68)52-30-21-33(59(3)23-30)42(65)50-28-18-26(19-28)40(63)56-35-25-60(4)38(55-35)43(66)49-13-15-69-16-17-70-31-8-6-27(46)7-9-31/h6-9,12,14,20-26,28H,10-11,13,15-19,46H2,1-5H3,(H,48,64)(H,49,66)(H,50,65)(H,51,67)(H,52,68)(H,53,62)(H,56,63). The number of nitrogens with one attached hydrogen (secondary N) is 7. The van der Waals surface area contributed by atoms with E-state index in [0.29, 0.717) is 48.9 Å². The Morgan fingerprint density at radius 3 is 1.84 bits per heavy atom. The van der Waals surface area contributed by atoms with E-state index in [2.05, 4.69) is 52.2 Å². The van der Waals surface area contributed by atoms with Crippen LogP contribution in [0.3, 0.4) is 0 Å². The van der Waals surface area contributed by atoms with Crippen molar-refractivity contribution in [1.29, 1.82) is 0 Å². The molecular formula is C45H54N16O9. The van der Waals surface area contributed by atoms with Gasteiger partial charge in [-0.05, 0) is 49.2 Å². The maximum Gasteiger partial charge on any atom is 0.291 e. The third kappa shape index (κ3) is 12.4. The molecule has 1 aromatic carbocycles. The molecule has 5 heterocycles. The van der Waals surface area contributed by atoms with Crippen LogP contribution in [0.25, 0.3) is 0 Å². The fourth-order valence-electron chi connectivity index (χ4n) is 7.37. The number of aryl methyl sites for hydroxylation is 5. The molecule has 0 saturated heterocycles. The van der Waals surface area contributed by atoms with Gasteiger partial charge in [0.25, 0.3) is 29.5 Å². The fraction of sp³-hybridized carbons (Fsp3) is 0.333. The van der Waals surface area contributed by atoms with Crippen LogP contribution in [-0.2, 0) is 49.6 Å². The molecule has 7 amide bonds. The molecular weight excluding hydrogens is 909 g/mol. The minimum atomic E-state index is -0.599. The number of carbonyl (C=O) groups excluding carboxylic acids is 7. The summed E-state index contributed by atoms with van der Waals surface area (Å²) in [4.78, 5) is 103. The second-order valence-corrected chi connectivity index (χ2v) is 16.5. The lowest BCUT2D eigenvalue weighted by atomic mass is 9.79. The van der Waals surface area contributed by atoms with Crippen molar-refractivity contribution in [1.82, 2.24) is 53.7 Å². The van der Waals surface area contributed by atoms with Gasteiger partial charge in [0.05, 0.1) is 24.6 Å². The molecule has 9 N–H and O–H groups in total. The molecule has 1 aliphatic carbocycles. The van der Waals surface area contributed by atoms with E-state index in [-0.39, 0.29) is 78.6 Å². The second-order valence-electron chi connectivity index (χ2n) is 16.5. The highest BCUT2D eigenvalue weighted by Gasteiger charge is 2.36. The number of hydrogen-bond donors (Lipinski definition) is 8.